The molecule has 4 nitrogen and oxygen atoms in total. The average Bonchev–Trinajstić information content (AvgIpc) is 2.48. The van der Waals surface area contributed by atoms with Gasteiger partial charge in [-0.25, -0.2) is 0 Å². The maximum absolute atomic E-state index is 11.2. The summed E-state index contributed by atoms with van der Waals surface area (Å²) >= 11 is 0. The van der Waals surface area contributed by atoms with E-state index < -0.39 is 0 Å². The van der Waals surface area contributed by atoms with Crippen molar-refractivity contribution >= 4 is 5.97 Å². The van der Waals surface area contributed by atoms with Crippen LogP contribution in [0.4, 0.5) is 0 Å². The van der Waals surface area contributed by atoms with Gasteiger partial charge in [-0.15, -0.1) is 0 Å². The van der Waals surface area contributed by atoms with Gasteiger partial charge in [0.15, 0.2) is 0 Å². The van der Waals surface area contributed by atoms with Crippen molar-refractivity contribution in [1.82, 2.24) is 9.88 Å². The summed E-state index contributed by atoms with van der Waals surface area (Å²) in [5, 5.41) is 0. The van der Waals surface area contributed by atoms with E-state index in [-0.39, 0.29) is 12.5 Å². The van der Waals surface area contributed by atoms with Crippen LogP contribution in [0.25, 0.3) is 11.1 Å². The quantitative estimate of drug-likeness (QED) is 0.782. The molecule has 0 saturated carbocycles. The molecule has 2 aromatic rings. The molecule has 0 aliphatic rings. The third-order valence-corrected chi connectivity index (χ3v) is 3.00. The van der Waals surface area contributed by atoms with Crippen LogP contribution in [0.3, 0.4) is 0 Å². The fourth-order valence-electron chi connectivity index (χ4n) is 2.04. The van der Waals surface area contributed by atoms with E-state index in [1.807, 2.05) is 42.4 Å². The number of likely N-dealkylation sites (N-methyl/N-ethyl adjacent to an activating group) is 1. The lowest BCUT2D eigenvalue weighted by Crippen LogP contribution is -2.26. The van der Waals surface area contributed by atoms with E-state index >= 15 is 0 Å². The summed E-state index contributed by atoms with van der Waals surface area (Å²) in [5.74, 6) is -0.226. The van der Waals surface area contributed by atoms with Crippen LogP contribution >= 0.6 is 0 Å². The Hall–Kier alpha value is -2.20. The molecule has 0 unspecified atom stereocenters. The molecule has 1 aromatic carbocycles. The van der Waals surface area contributed by atoms with Gasteiger partial charge in [-0.1, -0.05) is 24.3 Å². The van der Waals surface area contributed by atoms with Gasteiger partial charge in [0.2, 0.25) is 0 Å². The van der Waals surface area contributed by atoms with E-state index in [0.717, 1.165) is 16.7 Å². The second kappa shape index (κ2) is 6.82. The highest BCUT2D eigenvalue weighted by molar-refractivity contribution is 5.71. The lowest BCUT2D eigenvalue weighted by Gasteiger charge is -2.15. The summed E-state index contributed by atoms with van der Waals surface area (Å²) in [4.78, 5) is 17.3. The number of benzene rings is 1. The third-order valence-electron chi connectivity index (χ3n) is 3.00. The van der Waals surface area contributed by atoms with Crippen LogP contribution in [0.5, 0.6) is 0 Å². The van der Waals surface area contributed by atoms with E-state index in [9.17, 15) is 4.79 Å². The first-order valence-electron chi connectivity index (χ1n) is 6.44. The zero-order valence-corrected chi connectivity index (χ0v) is 11.7. The summed E-state index contributed by atoms with van der Waals surface area (Å²) in [5.41, 5.74) is 3.37. The number of ether oxygens (including phenoxy) is 1. The number of esters is 1. The molecule has 4 heteroatoms. The van der Waals surface area contributed by atoms with Crippen LogP contribution in [0, 0.1) is 0 Å². The van der Waals surface area contributed by atoms with E-state index in [2.05, 4.69) is 21.9 Å². The SMILES string of the molecule is COC(=O)CN(C)Cc1cccc(-c2cccnc2)c1. The van der Waals surface area contributed by atoms with Crippen molar-refractivity contribution < 1.29 is 9.53 Å². The molecule has 0 aliphatic carbocycles. The first kappa shape index (κ1) is 14.2. The highest BCUT2D eigenvalue weighted by Gasteiger charge is 2.07. The van der Waals surface area contributed by atoms with Gasteiger partial charge in [0, 0.05) is 18.9 Å². The smallest absolute Gasteiger partial charge is 0.319 e. The largest absolute Gasteiger partial charge is 0.468 e. The normalized spacial score (nSPS) is 10.6. The molecule has 0 atom stereocenters. The predicted octanol–water partition coefficient (Wildman–Crippen LogP) is 2.35. The maximum atomic E-state index is 11.2. The van der Waals surface area contributed by atoms with Gasteiger partial charge >= 0.3 is 5.97 Å². The van der Waals surface area contributed by atoms with Crippen LogP contribution in [0.15, 0.2) is 48.8 Å². The van der Waals surface area contributed by atoms with E-state index in [0.29, 0.717) is 6.54 Å². The Balaban J connectivity index is 2.09. The van der Waals surface area contributed by atoms with Gasteiger partial charge in [-0.3, -0.25) is 14.7 Å². The lowest BCUT2D eigenvalue weighted by atomic mass is 10.0. The highest BCUT2D eigenvalue weighted by Crippen LogP contribution is 2.19. The molecule has 20 heavy (non-hydrogen) atoms. The second-order valence-electron chi connectivity index (χ2n) is 4.69. The standard InChI is InChI=1S/C16H18N2O2/c1-18(12-16(19)20-2)11-13-5-3-6-14(9-13)15-7-4-8-17-10-15/h3-10H,11-12H2,1-2H3. The van der Waals surface area contributed by atoms with Gasteiger partial charge in [-0.05, 0) is 35.9 Å². The molecule has 0 fully saturated rings. The first-order valence-corrected chi connectivity index (χ1v) is 6.44. The molecule has 1 heterocycles. The minimum atomic E-state index is -0.226. The molecule has 0 amide bonds. The number of hydrogen-bond donors (Lipinski definition) is 0. The number of aromatic nitrogens is 1. The summed E-state index contributed by atoms with van der Waals surface area (Å²) in [7, 11) is 3.30. The topological polar surface area (TPSA) is 42.4 Å². The molecule has 1 aromatic heterocycles. The molecule has 0 N–H and O–H groups in total. The molecule has 0 spiro atoms. The van der Waals surface area contributed by atoms with Gasteiger partial charge in [0.25, 0.3) is 0 Å². The Labute approximate surface area is 119 Å². The van der Waals surface area contributed by atoms with Crippen molar-refractivity contribution in [2.75, 3.05) is 20.7 Å². The number of nitrogens with zero attached hydrogens (tertiary/aromatic N) is 2. The number of carbonyl (C=O) groups is 1. The fourth-order valence-corrected chi connectivity index (χ4v) is 2.04. The molecule has 0 aliphatic heterocycles. The zero-order chi connectivity index (χ0) is 14.4. The minimum absolute atomic E-state index is 0.226. The average molecular weight is 270 g/mol. The molecular weight excluding hydrogens is 252 g/mol. The minimum Gasteiger partial charge on any atom is -0.468 e. The predicted molar refractivity (Wildman–Crippen MR) is 78.0 cm³/mol. The highest BCUT2D eigenvalue weighted by atomic mass is 16.5. The Kier molecular flexibility index (Phi) is 4.85. The second-order valence-corrected chi connectivity index (χ2v) is 4.69. The first-order chi connectivity index (χ1) is 9.69. The molecular formula is C16H18N2O2. The van der Waals surface area contributed by atoms with Crippen molar-refractivity contribution in [2.45, 2.75) is 6.54 Å². The Morgan fingerprint density at radius 1 is 1.25 bits per heavy atom. The van der Waals surface area contributed by atoms with Crippen molar-refractivity contribution in [3.8, 4) is 11.1 Å². The van der Waals surface area contributed by atoms with Gasteiger partial charge in [0.1, 0.15) is 0 Å². The number of hydrogen-bond acceptors (Lipinski definition) is 4. The number of carbonyl (C=O) groups excluding carboxylic acids is 1. The molecule has 0 bridgehead atoms. The van der Waals surface area contributed by atoms with Crippen LogP contribution < -0.4 is 0 Å². The van der Waals surface area contributed by atoms with Crippen molar-refractivity contribution in [1.29, 1.82) is 0 Å². The van der Waals surface area contributed by atoms with E-state index in [1.54, 1.807) is 6.20 Å². The molecule has 2 rings (SSSR count). The Bertz CT molecular complexity index is 570. The molecule has 0 radical (unpaired) electrons. The Morgan fingerprint density at radius 3 is 2.75 bits per heavy atom. The van der Waals surface area contributed by atoms with Crippen LogP contribution in [-0.4, -0.2) is 36.6 Å². The van der Waals surface area contributed by atoms with E-state index in [1.165, 1.54) is 7.11 Å². The van der Waals surface area contributed by atoms with E-state index in [4.69, 9.17) is 0 Å². The van der Waals surface area contributed by atoms with Gasteiger partial charge in [-0.2, -0.15) is 0 Å². The fraction of sp³-hybridized carbons (Fsp3) is 0.250. The third kappa shape index (κ3) is 3.90. The molecule has 104 valence electrons. The van der Waals surface area contributed by atoms with Crippen LogP contribution in [0.2, 0.25) is 0 Å². The number of pyridine rings is 1. The molecule has 0 saturated heterocycles. The zero-order valence-electron chi connectivity index (χ0n) is 11.7. The van der Waals surface area contributed by atoms with Crippen LogP contribution in [0.1, 0.15) is 5.56 Å². The summed E-state index contributed by atoms with van der Waals surface area (Å²) in [6.07, 6.45) is 3.61. The summed E-state index contributed by atoms with van der Waals surface area (Å²) < 4.78 is 4.66. The van der Waals surface area contributed by atoms with Crippen LogP contribution in [-0.2, 0) is 16.1 Å². The van der Waals surface area contributed by atoms with Gasteiger partial charge in [0.05, 0.1) is 13.7 Å². The van der Waals surface area contributed by atoms with Gasteiger partial charge < -0.3 is 4.74 Å². The summed E-state index contributed by atoms with van der Waals surface area (Å²) in [6.45, 7) is 0.983. The maximum Gasteiger partial charge on any atom is 0.319 e. The monoisotopic (exact) mass is 270 g/mol. The lowest BCUT2D eigenvalue weighted by molar-refractivity contribution is -0.141. The summed E-state index contributed by atoms with van der Waals surface area (Å²) in [6, 6.07) is 12.2. The Morgan fingerprint density at radius 2 is 2.05 bits per heavy atom. The van der Waals surface area contributed by atoms with Crippen molar-refractivity contribution in [3.63, 3.8) is 0 Å². The number of methoxy groups -OCH3 is 1. The van der Waals surface area contributed by atoms with Crippen molar-refractivity contribution in [2.24, 2.45) is 0 Å². The van der Waals surface area contributed by atoms with Crippen molar-refractivity contribution in [3.05, 3.63) is 54.4 Å². The number of rotatable bonds is 5.